The molecule has 2 aromatic carbocycles. The molecule has 0 radical (unpaired) electrons. The zero-order chi connectivity index (χ0) is 26.3. The molecule has 192 valence electrons. The number of fused-ring (bicyclic) bond motifs is 1. The first-order valence-corrected chi connectivity index (χ1v) is 12.7. The van der Waals surface area contributed by atoms with Gasteiger partial charge >= 0.3 is 5.69 Å². The summed E-state index contributed by atoms with van der Waals surface area (Å²) in [6.45, 7) is 5.53. The molecule has 0 bridgehead atoms. The van der Waals surface area contributed by atoms with Crippen molar-refractivity contribution in [1.29, 1.82) is 0 Å². The highest BCUT2D eigenvalue weighted by atomic mass is 35.5. The first-order valence-electron chi connectivity index (χ1n) is 11.9. The number of aliphatic hydroxyl groups is 1. The van der Waals surface area contributed by atoms with Crippen LogP contribution in [0.1, 0.15) is 26.7 Å². The Morgan fingerprint density at radius 3 is 2.32 bits per heavy atom. The number of hydrogen-bond acceptors (Lipinski definition) is 7. The van der Waals surface area contributed by atoms with Gasteiger partial charge in [-0.1, -0.05) is 29.3 Å². The Morgan fingerprint density at radius 1 is 1.05 bits per heavy atom. The number of anilines is 3. The van der Waals surface area contributed by atoms with Crippen LogP contribution < -0.4 is 21.5 Å². The molecule has 3 N–H and O–H groups in total. The lowest BCUT2D eigenvalue weighted by Crippen LogP contribution is -2.41. The van der Waals surface area contributed by atoms with Crippen LogP contribution in [0.3, 0.4) is 0 Å². The van der Waals surface area contributed by atoms with Gasteiger partial charge in [0.05, 0.1) is 21.3 Å². The molecule has 2 aromatic heterocycles. The minimum atomic E-state index is -0.713. The fourth-order valence-corrected chi connectivity index (χ4v) is 5.26. The van der Waals surface area contributed by atoms with Gasteiger partial charge in [0.1, 0.15) is 5.39 Å². The van der Waals surface area contributed by atoms with E-state index in [1.807, 2.05) is 38.1 Å². The predicted molar refractivity (Wildman–Crippen MR) is 147 cm³/mol. The van der Waals surface area contributed by atoms with Crippen molar-refractivity contribution in [2.24, 2.45) is 5.92 Å². The van der Waals surface area contributed by atoms with Crippen molar-refractivity contribution in [2.45, 2.75) is 32.3 Å². The number of benzene rings is 2. The van der Waals surface area contributed by atoms with Crippen molar-refractivity contribution in [3.05, 3.63) is 79.5 Å². The van der Waals surface area contributed by atoms with Gasteiger partial charge in [-0.05, 0) is 69.0 Å². The first kappa shape index (κ1) is 25.3. The molecule has 11 heteroatoms. The van der Waals surface area contributed by atoms with Gasteiger partial charge in [-0.25, -0.2) is 14.3 Å². The highest BCUT2D eigenvalue weighted by Crippen LogP contribution is 2.31. The summed E-state index contributed by atoms with van der Waals surface area (Å²) in [5.74, 6) is 0.529. The van der Waals surface area contributed by atoms with Crippen molar-refractivity contribution in [3.8, 4) is 5.69 Å². The maximum absolute atomic E-state index is 13.1. The van der Waals surface area contributed by atoms with Crippen molar-refractivity contribution >= 4 is 51.6 Å². The zero-order valence-electron chi connectivity index (χ0n) is 20.3. The monoisotopic (exact) mass is 540 g/mol. The van der Waals surface area contributed by atoms with Crippen LogP contribution in [0, 0.1) is 5.92 Å². The zero-order valence-corrected chi connectivity index (χ0v) is 21.8. The minimum absolute atomic E-state index is 0.0956. The minimum Gasteiger partial charge on any atom is -0.390 e. The highest BCUT2D eigenvalue weighted by Gasteiger charge is 2.30. The molecule has 0 saturated carbocycles. The van der Waals surface area contributed by atoms with E-state index in [2.05, 4.69) is 25.2 Å². The standard InChI is InChI=1S/C26H26Cl2N6O3/c1-26(2,37)15-10-12-33(13-11-15)17-8-6-16(7-9-17)30-24-29-14-18-22(31-24)32-25(36)34(23(18)35)21-19(27)4-3-5-20(21)28/h3-9,14-15,37H,10-13H2,1-2H3,(H2,29,30,31,32,36). The second kappa shape index (κ2) is 9.81. The number of rotatable bonds is 5. The molecule has 1 aliphatic rings. The molecule has 0 unspecified atom stereocenters. The molecule has 3 heterocycles. The largest absolute Gasteiger partial charge is 0.390 e. The number of para-hydroxylation sites is 1. The van der Waals surface area contributed by atoms with Crippen LogP contribution in [-0.2, 0) is 0 Å². The average molecular weight is 541 g/mol. The summed E-state index contributed by atoms with van der Waals surface area (Å²) in [7, 11) is 0. The number of aromatic nitrogens is 4. The van der Waals surface area contributed by atoms with Crippen LogP contribution in [0.4, 0.5) is 17.3 Å². The lowest BCUT2D eigenvalue weighted by atomic mass is 9.83. The third-order valence-corrected chi connectivity index (χ3v) is 7.40. The quantitative estimate of drug-likeness (QED) is 0.341. The van der Waals surface area contributed by atoms with Gasteiger partial charge in [0.2, 0.25) is 5.95 Å². The van der Waals surface area contributed by atoms with Crippen molar-refractivity contribution in [2.75, 3.05) is 23.3 Å². The highest BCUT2D eigenvalue weighted by molar-refractivity contribution is 6.37. The maximum Gasteiger partial charge on any atom is 0.334 e. The average Bonchev–Trinajstić information content (AvgIpc) is 2.85. The number of piperidine rings is 1. The maximum atomic E-state index is 13.1. The number of hydrogen-bond donors (Lipinski definition) is 3. The van der Waals surface area contributed by atoms with Crippen molar-refractivity contribution < 1.29 is 5.11 Å². The summed E-state index contributed by atoms with van der Waals surface area (Å²) in [5, 5.41) is 13.8. The Hall–Kier alpha value is -3.40. The molecule has 0 aliphatic carbocycles. The molecule has 0 atom stereocenters. The van der Waals surface area contributed by atoms with Gasteiger partial charge in [0.15, 0.2) is 5.65 Å². The molecule has 37 heavy (non-hydrogen) atoms. The predicted octanol–water partition coefficient (Wildman–Crippen LogP) is 4.51. The first-order chi connectivity index (χ1) is 17.6. The van der Waals surface area contributed by atoms with Gasteiger partial charge in [-0.3, -0.25) is 9.78 Å². The van der Waals surface area contributed by atoms with Crippen molar-refractivity contribution in [3.63, 3.8) is 0 Å². The van der Waals surface area contributed by atoms with E-state index in [1.165, 1.54) is 6.20 Å². The van der Waals surface area contributed by atoms with Crippen LogP contribution in [0.5, 0.6) is 0 Å². The molecule has 9 nitrogen and oxygen atoms in total. The summed E-state index contributed by atoms with van der Waals surface area (Å²) in [6, 6.07) is 12.6. The second-order valence-corrected chi connectivity index (χ2v) is 10.5. The SMILES string of the molecule is CC(C)(O)C1CCN(c2ccc(Nc3ncc4c(=O)n(-c5c(Cl)cccc5Cl)c(=O)[nH]c4n3)cc2)CC1. The Kier molecular flexibility index (Phi) is 6.70. The number of nitrogens with one attached hydrogen (secondary N) is 2. The van der Waals surface area contributed by atoms with E-state index >= 15 is 0 Å². The number of halogens is 2. The van der Waals surface area contributed by atoms with E-state index in [4.69, 9.17) is 23.2 Å². The summed E-state index contributed by atoms with van der Waals surface area (Å²) < 4.78 is 0.881. The third kappa shape index (κ3) is 5.07. The van der Waals surface area contributed by atoms with Crippen LogP contribution in [-0.4, -0.2) is 43.3 Å². The third-order valence-electron chi connectivity index (χ3n) is 6.79. The van der Waals surface area contributed by atoms with Crippen LogP contribution in [0.15, 0.2) is 58.3 Å². The summed E-state index contributed by atoms with van der Waals surface area (Å²) >= 11 is 12.4. The Morgan fingerprint density at radius 2 is 1.70 bits per heavy atom. The summed E-state index contributed by atoms with van der Waals surface area (Å²) in [4.78, 5) is 39.4. The van der Waals surface area contributed by atoms with Crippen LogP contribution in [0.2, 0.25) is 10.0 Å². The Bertz CT molecular complexity index is 1550. The van der Waals surface area contributed by atoms with Gasteiger partial charge in [-0.2, -0.15) is 4.98 Å². The molecular weight excluding hydrogens is 515 g/mol. The van der Waals surface area contributed by atoms with E-state index in [9.17, 15) is 14.7 Å². The lowest BCUT2D eigenvalue weighted by Gasteiger charge is -2.38. The van der Waals surface area contributed by atoms with E-state index in [0.717, 1.165) is 41.9 Å². The molecule has 0 amide bonds. The molecule has 1 aliphatic heterocycles. The van der Waals surface area contributed by atoms with E-state index in [-0.39, 0.29) is 32.7 Å². The van der Waals surface area contributed by atoms with E-state index in [0.29, 0.717) is 5.92 Å². The lowest BCUT2D eigenvalue weighted by molar-refractivity contribution is 0.00651. The molecular formula is C26H26Cl2N6O3. The Labute approximate surface area is 222 Å². The summed E-state index contributed by atoms with van der Waals surface area (Å²) in [6.07, 6.45) is 3.24. The summed E-state index contributed by atoms with van der Waals surface area (Å²) in [5.41, 5.74) is 0.0608. The topological polar surface area (TPSA) is 116 Å². The van der Waals surface area contributed by atoms with Crippen LogP contribution in [0.25, 0.3) is 16.7 Å². The van der Waals surface area contributed by atoms with Gasteiger partial charge < -0.3 is 15.3 Å². The smallest absolute Gasteiger partial charge is 0.334 e. The van der Waals surface area contributed by atoms with Crippen molar-refractivity contribution in [1.82, 2.24) is 19.5 Å². The fourth-order valence-electron chi connectivity index (χ4n) is 4.70. The van der Waals surface area contributed by atoms with Gasteiger partial charge in [0.25, 0.3) is 5.56 Å². The number of nitrogens with zero attached hydrogens (tertiary/aromatic N) is 4. The fraction of sp³-hybridized carbons (Fsp3) is 0.308. The van der Waals surface area contributed by atoms with Gasteiger partial charge in [0, 0.05) is 30.7 Å². The van der Waals surface area contributed by atoms with Crippen LogP contribution >= 0.6 is 23.2 Å². The molecule has 1 saturated heterocycles. The normalized spacial score (nSPS) is 14.8. The van der Waals surface area contributed by atoms with Gasteiger partial charge in [-0.15, -0.1) is 0 Å². The van der Waals surface area contributed by atoms with E-state index < -0.39 is 16.9 Å². The number of aromatic amines is 1. The number of H-pyrrole nitrogens is 1. The molecule has 0 spiro atoms. The van der Waals surface area contributed by atoms with E-state index in [1.54, 1.807) is 18.2 Å². The molecule has 1 fully saturated rings. The molecule has 5 rings (SSSR count). The second-order valence-electron chi connectivity index (χ2n) is 9.68. The molecule has 4 aromatic rings. The Balaban J connectivity index is 1.36.